The first kappa shape index (κ1) is 35.6. The molecule has 0 fully saturated rings. The van der Waals surface area contributed by atoms with Crippen LogP contribution in [0.3, 0.4) is 0 Å². The number of rotatable bonds is 6. The molecule has 4 aromatic heterocycles. The summed E-state index contributed by atoms with van der Waals surface area (Å²) >= 11 is 1.80. The van der Waals surface area contributed by atoms with E-state index >= 15 is 0 Å². The molecule has 13 aromatic rings. The maximum absolute atomic E-state index is 6.56. The monoisotopic (exact) mass is 822 g/mol. The summed E-state index contributed by atoms with van der Waals surface area (Å²) in [6.07, 6.45) is 0. The summed E-state index contributed by atoms with van der Waals surface area (Å²) in [5.41, 5.74) is 12.5. The Hall–Kier alpha value is -8.19. The molecule has 0 spiro atoms. The lowest BCUT2D eigenvalue weighted by molar-refractivity contribution is 0.669. The van der Waals surface area contributed by atoms with E-state index < -0.39 is 0 Å². The molecule has 0 aliphatic heterocycles. The molecule has 0 bridgehead atoms. The first-order valence-corrected chi connectivity index (χ1v) is 21.9. The van der Waals surface area contributed by atoms with Gasteiger partial charge in [-0.1, -0.05) is 158 Å². The van der Waals surface area contributed by atoms with Gasteiger partial charge < -0.3 is 8.98 Å². The van der Waals surface area contributed by atoms with Gasteiger partial charge in [-0.05, 0) is 70.8 Å². The van der Waals surface area contributed by atoms with Crippen molar-refractivity contribution in [3.63, 3.8) is 0 Å². The molecular weight excluding hydrogens is 789 g/mol. The molecule has 0 N–H and O–H groups in total. The highest BCUT2D eigenvalue weighted by Gasteiger charge is 2.20. The third-order valence-corrected chi connectivity index (χ3v) is 13.4. The van der Waals surface area contributed by atoms with Crippen LogP contribution in [0.1, 0.15) is 0 Å². The van der Waals surface area contributed by atoms with Gasteiger partial charge in [0.05, 0.1) is 11.0 Å². The minimum absolute atomic E-state index is 0.590. The molecule has 0 amide bonds. The highest BCUT2D eigenvalue weighted by molar-refractivity contribution is 7.26. The SMILES string of the molecule is c1ccc(-c2ccc(-c3cccc4sc5cc(-c6nc(-c7ccccc7)nc(-c7cccc8oc9ccc(-n%10c%11ccccc%11c%11ccccc%11%10)cc9c78)n6)ccc5c34)cc2)cc1. The molecule has 5 nitrogen and oxygen atoms in total. The average molecular weight is 823 g/mol. The maximum atomic E-state index is 6.56. The van der Waals surface area contributed by atoms with Gasteiger partial charge in [0.2, 0.25) is 0 Å². The maximum Gasteiger partial charge on any atom is 0.164 e. The predicted octanol–water partition coefficient (Wildman–Crippen LogP) is 15.6. The first-order valence-electron chi connectivity index (χ1n) is 21.1. The number of hydrogen-bond acceptors (Lipinski definition) is 5. The quantitative estimate of drug-likeness (QED) is 0.168. The van der Waals surface area contributed by atoms with Crippen LogP contribution in [-0.2, 0) is 0 Å². The minimum atomic E-state index is 0.590. The van der Waals surface area contributed by atoms with E-state index in [0.29, 0.717) is 17.5 Å². The Kier molecular flexibility index (Phi) is 8.01. The van der Waals surface area contributed by atoms with Gasteiger partial charge in [0.25, 0.3) is 0 Å². The lowest BCUT2D eigenvalue weighted by Crippen LogP contribution is -2.00. The Morgan fingerprint density at radius 1 is 0.349 bits per heavy atom. The average Bonchev–Trinajstić information content (AvgIpc) is 4.03. The zero-order chi connectivity index (χ0) is 41.4. The third kappa shape index (κ3) is 5.80. The van der Waals surface area contributed by atoms with E-state index in [1.807, 2.05) is 30.3 Å². The predicted molar refractivity (Wildman–Crippen MR) is 262 cm³/mol. The second-order valence-corrected chi connectivity index (χ2v) is 17.0. The molecule has 0 unspecified atom stereocenters. The molecule has 0 saturated carbocycles. The van der Waals surface area contributed by atoms with Crippen molar-refractivity contribution in [1.29, 1.82) is 0 Å². The molecule has 0 aliphatic carbocycles. The van der Waals surface area contributed by atoms with E-state index in [2.05, 4.69) is 180 Å². The molecule has 0 saturated heterocycles. The topological polar surface area (TPSA) is 56.7 Å². The number of thiophene rings is 1. The summed E-state index contributed by atoms with van der Waals surface area (Å²) in [4.78, 5) is 15.6. The summed E-state index contributed by atoms with van der Waals surface area (Å²) in [6, 6.07) is 72.7. The van der Waals surface area contributed by atoms with E-state index in [9.17, 15) is 0 Å². The number of furan rings is 1. The Labute approximate surface area is 365 Å². The lowest BCUT2D eigenvalue weighted by Gasteiger charge is -2.10. The van der Waals surface area contributed by atoms with Crippen molar-refractivity contribution in [2.24, 2.45) is 0 Å². The van der Waals surface area contributed by atoms with Crippen LogP contribution in [0, 0.1) is 0 Å². The van der Waals surface area contributed by atoms with Crippen LogP contribution in [-0.4, -0.2) is 19.5 Å². The van der Waals surface area contributed by atoms with Gasteiger partial charge in [-0.2, -0.15) is 0 Å². The normalized spacial score (nSPS) is 11.8. The van der Waals surface area contributed by atoms with Crippen LogP contribution in [0.5, 0.6) is 0 Å². The van der Waals surface area contributed by atoms with Crippen LogP contribution < -0.4 is 0 Å². The summed E-state index contributed by atoms with van der Waals surface area (Å²) < 4.78 is 11.3. The number of aromatic nitrogens is 4. The van der Waals surface area contributed by atoms with E-state index in [-0.39, 0.29) is 0 Å². The fourth-order valence-corrected chi connectivity index (χ4v) is 10.5. The van der Waals surface area contributed by atoms with Crippen molar-refractivity contribution in [2.45, 2.75) is 0 Å². The summed E-state index contributed by atoms with van der Waals surface area (Å²) in [5, 5.41) is 6.89. The summed E-state index contributed by atoms with van der Waals surface area (Å²) in [5.74, 6) is 1.82. The van der Waals surface area contributed by atoms with Crippen molar-refractivity contribution < 1.29 is 4.42 Å². The molecule has 9 aromatic carbocycles. The number of benzene rings is 9. The van der Waals surface area contributed by atoms with E-state index in [1.165, 1.54) is 53.2 Å². The second-order valence-electron chi connectivity index (χ2n) is 15.9. The highest BCUT2D eigenvalue weighted by Crippen LogP contribution is 2.43. The molecular formula is C57H34N4OS. The van der Waals surface area contributed by atoms with Gasteiger partial charge >= 0.3 is 0 Å². The Bertz CT molecular complexity index is 3850. The van der Waals surface area contributed by atoms with Crippen LogP contribution in [0.25, 0.3) is 126 Å². The van der Waals surface area contributed by atoms with Crippen molar-refractivity contribution >= 4 is 75.3 Å². The zero-order valence-electron chi connectivity index (χ0n) is 33.7. The van der Waals surface area contributed by atoms with Gasteiger partial charge in [-0.3, -0.25) is 0 Å². The molecule has 13 rings (SSSR count). The summed E-state index contributed by atoms with van der Waals surface area (Å²) in [6.45, 7) is 0. The van der Waals surface area contributed by atoms with Crippen molar-refractivity contribution in [3.8, 4) is 62.1 Å². The van der Waals surface area contributed by atoms with Gasteiger partial charge in [-0.15, -0.1) is 11.3 Å². The largest absolute Gasteiger partial charge is 0.456 e. The smallest absolute Gasteiger partial charge is 0.164 e. The first-order chi connectivity index (χ1) is 31.2. The fraction of sp³-hybridized carbons (Fsp3) is 0. The van der Waals surface area contributed by atoms with Crippen LogP contribution in [0.15, 0.2) is 211 Å². The van der Waals surface area contributed by atoms with E-state index in [4.69, 9.17) is 19.4 Å². The van der Waals surface area contributed by atoms with Crippen molar-refractivity contribution in [1.82, 2.24) is 19.5 Å². The molecule has 294 valence electrons. The Balaban J connectivity index is 0.962. The van der Waals surface area contributed by atoms with Crippen molar-refractivity contribution in [3.05, 3.63) is 206 Å². The van der Waals surface area contributed by atoms with Crippen LogP contribution in [0.2, 0.25) is 0 Å². The van der Waals surface area contributed by atoms with Gasteiger partial charge in [0.1, 0.15) is 11.2 Å². The minimum Gasteiger partial charge on any atom is -0.456 e. The zero-order valence-corrected chi connectivity index (χ0v) is 34.6. The van der Waals surface area contributed by atoms with E-state index in [1.54, 1.807) is 11.3 Å². The second kappa shape index (κ2) is 14.2. The van der Waals surface area contributed by atoms with Gasteiger partial charge in [-0.25, -0.2) is 15.0 Å². The molecule has 0 aliphatic rings. The van der Waals surface area contributed by atoms with E-state index in [0.717, 1.165) is 55.3 Å². The van der Waals surface area contributed by atoms with Crippen molar-refractivity contribution in [2.75, 3.05) is 0 Å². The molecule has 4 heterocycles. The molecule has 6 heteroatoms. The number of nitrogens with zero attached hydrogens (tertiary/aromatic N) is 4. The molecule has 0 atom stereocenters. The number of hydrogen-bond donors (Lipinski definition) is 0. The standard InChI is InChI=1S/C57H34N4OS/c1-3-13-35(14-4-1)36-25-27-37(28-26-36)41-19-12-24-51-54(41)44-31-29-39(33-52(44)63-51)56-58-55(38-15-5-2-6-16-38)59-57(60-56)45-20-11-23-50-53(45)46-34-40(30-32-49(46)62-50)61-47-21-9-7-17-42(47)43-18-8-10-22-48(43)61/h1-34H. The Morgan fingerprint density at radius 2 is 0.952 bits per heavy atom. The number of para-hydroxylation sites is 2. The lowest BCUT2D eigenvalue weighted by atomic mass is 9.97. The molecule has 0 radical (unpaired) electrons. The van der Waals surface area contributed by atoms with Crippen LogP contribution in [0.4, 0.5) is 0 Å². The third-order valence-electron chi connectivity index (χ3n) is 12.3. The number of fused-ring (bicyclic) bond motifs is 9. The molecule has 63 heavy (non-hydrogen) atoms. The summed E-state index contributed by atoms with van der Waals surface area (Å²) in [7, 11) is 0. The van der Waals surface area contributed by atoms with Gasteiger partial charge in [0, 0.05) is 64.1 Å². The van der Waals surface area contributed by atoms with Crippen LogP contribution >= 0.6 is 11.3 Å². The fourth-order valence-electron chi connectivity index (χ4n) is 9.36. The van der Waals surface area contributed by atoms with Gasteiger partial charge in [0.15, 0.2) is 17.5 Å². The highest BCUT2D eigenvalue weighted by atomic mass is 32.1. The Morgan fingerprint density at radius 3 is 1.71 bits per heavy atom.